The van der Waals surface area contributed by atoms with Crippen molar-refractivity contribution in [3.63, 3.8) is 0 Å². The number of rotatable bonds is 24. The zero-order valence-corrected chi connectivity index (χ0v) is 41.3. The Morgan fingerprint density at radius 1 is 0.313 bits per heavy atom. The maximum Gasteiger partial charge on any atom is 0.0737 e. The molecular formula is C63H76N4. The number of hydrogen-bond acceptors (Lipinski definition) is 2. The molecule has 2 aliphatic heterocycles. The van der Waals surface area contributed by atoms with Gasteiger partial charge in [0.1, 0.15) is 0 Å². The second-order valence-electron chi connectivity index (χ2n) is 19.4. The van der Waals surface area contributed by atoms with Gasteiger partial charge in [0, 0.05) is 38.8 Å². The first-order valence-electron chi connectivity index (χ1n) is 26.4. The topological polar surface area (TPSA) is 57.4 Å². The molecule has 4 nitrogen and oxygen atoms in total. The molecule has 348 valence electrons. The van der Waals surface area contributed by atoms with Crippen LogP contribution in [0.2, 0.25) is 0 Å². The molecule has 0 radical (unpaired) electrons. The summed E-state index contributed by atoms with van der Waals surface area (Å²) in [6.45, 7) is 9.05. The van der Waals surface area contributed by atoms with Crippen LogP contribution in [0.4, 0.5) is 0 Å². The number of aromatic nitrogens is 4. The van der Waals surface area contributed by atoms with E-state index in [1.807, 2.05) is 0 Å². The molecule has 0 saturated carbocycles. The molecule has 3 aromatic carbocycles. The molecule has 6 aromatic rings. The van der Waals surface area contributed by atoms with Crippen molar-refractivity contribution in [3.05, 3.63) is 142 Å². The molecule has 8 rings (SSSR count). The molecule has 2 aliphatic rings. The average Bonchev–Trinajstić information content (AvgIpc) is 4.21. The Labute approximate surface area is 402 Å². The Hall–Kier alpha value is -5.74. The predicted molar refractivity (Wildman–Crippen MR) is 291 cm³/mol. The summed E-state index contributed by atoms with van der Waals surface area (Å²) in [4.78, 5) is 18.8. The first kappa shape index (κ1) is 47.7. The van der Waals surface area contributed by atoms with Gasteiger partial charge in [0.05, 0.1) is 22.8 Å². The number of nitrogens with one attached hydrogen (secondary N) is 2. The highest BCUT2D eigenvalue weighted by Gasteiger charge is 2.18. The Morgan fingerprint density at radius 2 is 0.597 bits per heavy atom. The van der Waals surface area contributed by atoms with E-state index in [-0.39, 0.29) is 0 Å². The minimum atomic E-state index is 0.959. The number of aryl methyl sites for hydroxylation is 4. The summed E-state index contributed by atoms with van der Waals surface area (Å²) in [5, 5.41) is 0. The van der Waals surface area contributed by atoms with Gasteiger partial charge >= 0.3 is 0 Å². The highest BCUT2D eigenvalue weighted by atomic mass is 14.8. The molecule has 2 N–H and O–H groups in total. The minimum Gasteiger partial charge on any atom is -0.355 e. The minimum absolute atomic E-state index is 0.959. The van der Waals surface area contributed by atoms with Crippen LogP contribution in [0.5, 0.6) is 0 Å². The van der Waals surface area contributed by atoms with Crippen LogP contribution >= 0.6 is 0 Å². The van der Waals surface area contributed by atoms with Crippen LogP contribution in [0.1, 0.15) is 181 Å². The van der Waals surface area contributed by atoms with Crippen molar-refractivity contribution in [1.29, 1.82) is 0 Å². The van der Waals surface area contributed by atoms with Gasteiger partial charge in [-0.25, -0.2) is 9.97 Å². The van der Waals surface area contributed by atoms with Crippen molar-refractivity contribution >= 4 is 46.4 Å². The molecule has 0 spiro atoms. The molecule has 0 atom stereocenters. The summed E-state index contributed by atoms with van der Waals surface area (Å²) in [5.74, 6) is 0. The van der Waals surface area contributed by atoms with Crippen LogP contribution in [0, 0.1) is 6.92 Å². The van der Waals surface area contributed by atoms with E-state index in [1.165, 1.54) is 132 Å². The maximum atomic E-state index is 5.56. The average molecular weight is 889 g/mol. The highest BCUT2D eigenvalue weighted by molar-refractivity contribution is 5.97. The van der Waals surface area contributed by atoms with Crippen molar-refractivity contribution in [2.75, 3.05) is 0 Å². The molecule has 4 heteroatoms. The molecule has 8 bridgehead atoms. The van der Waals surface area contributed by atoms with Gasteiger partial charge in [0.2, 0.25) is 0 Å². The lowest BCUT2D eigenvalue weighted by molar-refractivity contribution is 0.607. The van der Waals surface area contributed by atoms with E-state index < -0.39 is 0 Å². The maximum absolute atomic E-state index is 5.56. The standard InChI is InChI=1S/C63H76N4/c1-5-8-11-14-17-20-23-47-26-32-50(33-27-47)61-55-40-38-53(64-55)46(4)54-39-41-56(65-54)62(51-34-28-48(29-35-51)24-21-18-15-12-9-6-2)58-43-45-60(67-58)63(59-44-42-57(61)66-59)52-36-30-49(31-37-52)25-22-19-16-13-10-7-3/h26-45,64,67H,5-25H2,1-4H3. The molecule has 0 unspecified atom stereocenters. The summed E-state index contributed by atoms with van der Waals surface area (Å²) in [7, 11) is 0. The lowest BCUT2D eigenvalue weighted by atomic mass is 9.99. The summed E-state index contributed by atoms with van der Waals surface area (Å²) < 4.78 is 0. The van der Waals surface area contributed by atoms with Crippen molar-refractivity contribution in [2.45, 2.75) is 163 Å². The smallest absolute Gasteiger partial charge is 0.0737 e. The Kier molecular flexibility index (Phi) is 17.3. The number of aromatic amines is 2. The first-order chi connectivity index (χ1) is 33.0. The van der Waals surface area contributed by atoms with Gasteiger partial charge in [-0.3, -0.25) is 0 Å². The molecule has 5 heterocycles. The molecule has 0 saturated heterocycles. The third kappa shape index (κ3) is 12.4. The third-order valence-electron chi connectivity index (χ3n) is 14.2. The van der Waals surface area contributed by atoms with Crippen molar-refractivity contribution < 1.29 is 0 Å². The fraction of sp³-hybridized carbons (Fsp3) is 0.397. The second-order valence-corrected chi connectivity index (χ2v) is 19.4. The van der Waals surface area contributed by atoms with E-state index in [1.54, 1.807) is 0 Å². The number of hydrogen-bond donors (Lipinski definition) is 2. The normalized spacial score (nSPS) is 12.1. The fourth-order valence-electron chi connectivity index (χ4n) is 10.1. The number of unbranched alkanes of at least 4 members (excludes halogenated alkanes) is 15. The predicted octanol–water partition coefficient (Wildman–Crippen LogP) is 18.7. The quantitative estimate of drug-likeness (QED) is 0.0594. The van der Waals surface area contributed by atoms with Crippen LogP contribution in [0.15, 0.2) is 97.1 Å². The van der Waals surface area contributed by atoms with Crippen molar-refractivity contribution in [3.8, 4) is 33.4 Å². The summed E-state index contributed by atoms with van der Waals surface area (Å²) in [5.41, 5.74) is 20.2. The zero-order chi connectivity index (χ0) is 46.2. The lowest BCUT2D eigenvalue weighted by Crippen LogP contribution is -1.91. The van der Waals surface area contributed by atoms with E-state index in [4.69, 9.17) is 9.97 Å². The van der Waals surface area contributed by atoms with Gasteiger partial charge in [0.25, 0.3) is 0 Å². The Balaban J connectivity index is 1.24. The van der Waals surface area contributed by atoms with E-state index in [0.717, 1.165) is 103 Å². The largest absolute Gasteiger partial charge is 0.355 e. The Bertz CT molecular complexity index is 2680. The van der Waals surface area contributed by atoms with E-state index in [2.05, 4.69) is 159 Å². The van der Waals surface area contributed by atoms with Crippen LogP contribution in [-0.4, -0.2) is 19.9 Å². The van der Waals surface area contributed by atoms with Crippen LogP contribution < -0.4 is 0 Å². The molecule has 3 aromatic heterocycles. The van der Waals surface area contributed by atoms with Crippen molar-refractivity contribution in [2.24, 2.45) is 0 Å². The van der Waals surface area contributed by atoms with Gasteiger partial charge in [-0.1, -0.05) is 190 Å². The van der Waals surface area contributed by atoms with Gasteiger partial charge in [-0.05, 0) is 133 Å². The van der Waals surface area contributed by atoms with Gasteiger partial charge in [-0.15, -0.1) is 0 Å². The summed E-state index contributed by atoms with van der Waals surface area (Å²) >= 11 is 0. The van der Waals surface area contributed by atoms with E-state index in [9.17, 15) is 0 Å². The number of H-pyrrole nitrogens is 2. The SMILES string of the molecule is CCCCCCCCc1ccc(-c2c3nc(c(-c4ccc(CCCCCCCC)cc4)c4ccc([nH]4)c(-c4ccc(CCCCCCCC)cc4)c4nc(c(C)c5ccc2[nH]5)C=C4)C=C3)cc1. The molecule has 0 amide bonds. The monoisotopic (exact) mass is 889 g/mol. The molecular weight excluding hydrogens is 813 g/mol. The van der Waals surface area contributed by atoms with Crippen molar-refractivity contribution in [1.82, 2.24) is 19.9 Å². The molecule has 67 heavy (non-hydrogen) atoms. The molecule has 0 fully saturated rings. The van der Waals surface area contributed by atoms with Crippen LogP contribution in [0.3, 0.4) is 0 Å². The lowest BCUT2D eigenvalue weighted by Gasteiger charge is -2.08. The summed E-state index contributed by atoms with van der Waals surface area (Å²) in [6, 6.07) is 36.8. The second kappa shape index (κ2) is 24.3. The molecule has 0 aliphatic carbocycles. The Morgan fingerprint density at radius 3 is 0.955 bits per heavy atom. The van der Waals surface area contributed by atoms with E-state index >= 15 is 0 Å². The highest BCUT2D eigenvalue weighted by Crippen LogP contribution is 2.37. The first-order valence-corrected chi connectivity index (χ1v) is 26.4. The van der Waals surface area contributed by atoms with Crippen LogP contribution in [-0.2, 0) is 19.3 Å². The fourth-order valence-corrected chi connectivity index (χ4v) is 10.1. The number of fused-ring (bicyclic) bond motifs is 8. The van der Waals surface area contributed by atoms with Gasteiger partial charge < -0.3 is 9.97 Å². The number of benzene rings is 3. The zero-order valence-electron chi connectivity index (χ0n) is 41.3. The van der Waals surface area contributed by atoms with Crippen LogP contribution in [0.25, 0.3) is 79.8 Å². The van der Waals surface area contributed by atoms with Gasteiger partial charge in [0.15, 0.2) is 0 Å². The third-order valence-corrected chi connectivity index (χ3v) is 14.2. The summed E-state index contributed by atoms with van der Waals surface area (Å²) in [6.07, 6.45) is 35.7. The van der Waals surface area contributed by atoms with E-state index in [0.29, 0.717) is 0 Å². The number of nitrogens with zero attached hydrogens (tertiary/aromatic N) is 2. The van der Waals surface area contributed by atoms with Gasteiger partial charge in [-0.2, -0.15) is 0 Å².